The maximum atomic E-state index is 6.11. The molecule has 33 heavy (non-hydrogen) atoms. The average molecular weight is 566 g/mol. The second-order valence-electron chi connectivity index (χ2n) is 8.32. The number of para-hydroxylation sites is 1. The summed E-state index contributed by atoms with van der Waals surface area (Å²) in [6, 6.07) is 12.0. The molecule has 4 rings (SSSR count). The Morgan fingerprint density at radius 1 is 1.00 bits per heavy atom. The first-order chi connectivity index (χ1) is 15.8. The van der Waals surface area contributed by atoms with Crippen LogP contribution in [0.25, 0.3) is 0 Å². The second kappa shape index (κ2) is 13.5. The van der Waals surface area contributed by atoms with Gasteiger partial charge in [-0.15, -0.1) is 24.0 Å². The van der Waals surface area contributed by atoms with Crippen molar-refractivity contribution in [2.45, 2.75) is 25.4 Å². The largest absolute Gasteiger partial charge is 0.490 e. The minimum atomic E-state index is 0. The molecule has 1 aromatic carbocycles. The summed E-state index contributed by atoms with van der Waals surface area (Å²) in [5.41, 5.74) is 0. The third-order valence-electron chi connectivity index (χ3n) is 6.14. The number of aromatic nitrogens is 2. The molecule has 0 aliphatic carbocycles. The van der Waals surface area contributed by atoms with Crippen LogP contribution in [-0.2, 0) is 0 Å². The molecule has 2 aliphatic heterocycles. The lowest BCUT2D eigenvalue weighted by molar-refractivity contribution is 0.129. The van der Waals surface area contributed by atoms with Crippen molar-refractivity contribution in [1.82, 2.24) is 25.1 Å². The number of benzene rings is 1. The molecule has 8 nitrogen and oxygen atoms in total. The van der Waals surface area contributed by atoms with Crippen LogP contribution < -0.4 is 15.0 Å². The van der Waals surface area contributed by atoms with Crippen LogP contribution in [0.15, 0.2) is 53.8 Å². The van der Waals surface area contributed by atoms with Gasteiger partial charge in [0.25, 0.3) is 0 Å². The van der Waals surface area contributed by atoms with E-state index in [0.29, 0.717) is 0 Å². The van der Waals surface area contributed by atoms with Crippen molar-refractivity contribution in [2.24, 2.45) is 4.99 Å². The second-order valence-corrected chi connectivity index (χ2v) is 8.32. The van der Waals surface area contributed by atoms with Gasteiger partial charge in [0.1, 0.15) is 11.9 Å². The molecule has 0 spiro atoms. The molecule has 0 bridgehead atoms. The van der Waals surface area contributed by atoms with Crippen LogP contribution >= 0.6 is 24.0 Å². The molecule has 180 valence electrons. The summed E-state index contributed by atoms with van der Waals surface area (Å²) in [6.45, 7) is 8.07. The predicted molar refractivity (Wildman–Crippen MR) is 144 cm³/mol. The maximum Gasteiger partial charge on any atom is 0.225 e. The number of piperidine rings is 1. The van der Waals surface area contributed by atoms with Gasteiger partial charge in [0.05, 0.1) is 0 Å². The number of nitrogens with zero attached hydrogens (tertiary/aromatic N) is 6. The van der Waals surface area contributed by atoms with Crippen molar-refractivity contribution in [3.63, 3.8) is 0 Å². The van der Waals surface area contributed by atoms with Crippen LogP contribution in [0.2, 0.25) is 0 Å². The SMILES string of the molecule is CN=C(NCCCN1CCN(c2ncccn2)CC1)N1CCC(Oc2ccccc2)CC1.I. The fraction of sp³-hybridized carbons (Fsp3) is 0.542. The first-order valence-corrected chi connectivity index (χ1v) is 11.7. The summed E-state index contributed by atoms with van der Waals surface area (Å²) in [7, 11) is 1.87. The number of likely N-dealkylation sites (tertiary alicyclic amines) is 1. The molecule has 9 heteroatoms. The zero-order valence-electron chi connectivity index (χ0n) is 19.5. The van der Waals surface area contributed by atoms with E-state index in [4.69, 9.17) is 4.74 Å². The van der Waals surface area contributed by atoms with Crippen LogP contribution in [-0.4, -0.2) is 91.2 Å². The Morgan fingerprint density at radius 2 is 1.70 bits per heavy atom. The van der Waals surface area contributed by atoms with Crippen molar-refractivity contribution >= 4 is 35.9 Å². The first kappa shape index (κ1) is 25.5. The molecule has 0 unspecified atom stereocenters. The molecule has 1 N–H and O–H groups in total. The van der Waals surface area contributed by atoms with E-state index in [9.17, 15) is 0 Å². The van der Waals surface area contributed by atoms with Crippen LogP contribution in [0.4, 0.5) is 5.95 Å². The molecule has 0 saturated carbocycles. The average Bonchev–Trinajstić information content (AvgIpc) is 2.86. The molecule has 0 atom stereocenters. The van der Waals surface area contributed by atoms with Gasteiger partial charge < -0.3 is 19.9 Å². The number of ether oxygens (including phenoxy) is 1. The van der Waals surface area contributed by atoms with Crippen LogP contribution in [0, 0.1) is 0 Å². The molecule has 3 heterocycles. The first-order valence-electron chi connectivity index (χ1n) is 11.7. The van der Waals surface area contributed by atoms with Gasteiger partial charge in [-0.05, 0) is 31.2 Å². The highest BCUT2D eigenvalue weighted by Crippen LogP contribution is 2.18. The highest BCUT2D eigenvalue weighted by Gasteiger charge is 2.23. The van der Waals surface area contributed by atoms with Crippen LogP contribution in [0.1, 0.15) is 19.3 Å². The molecule has 2 aliphatic rings. The number of guanidine groups is 1. The minimum Gasteiger partial charge on any atom is -0.490 e. The topological polar surface area (TPSA) is 69.1 Å². The molecule has 2 saturated heterocycles. The van der Waals surface area contributed by atoms with Crippen molar-refractivity contribution < 1.29 is 4.74 Å². The van der Waals surface area contributed by atoms with Gasteiger partial charge in [0.15, 0.2) is 5.96 Å². The van der Waals surface area contributed by atoms with E-state index < -0.39 is 0 Å². The standard InChI is InChI=1S/C24H35N7O.HI/c1-25-23(30-15-9-22(10-16-30)32-21-7-3-2-4-8-21)26-13-6-14-29-17-19-31(20-18-29)24-27-11-5-12-28-24;/h2-5,7-8,11-12,22H,6,9-10,13-20H2,1H3,(H,25,26);1H. The molecule has 2 fully saturated rings. The van der Waals surface area contributed by atoms with Gasteiger partial charge in [0.2, 0.25) is 5.95 Å². The van der Waals surface area contributed by atoms with Gasteiger partial charge in [-0.3, -0.25) is 9.89 Å². The zero-order chi connectivity index (χ0) is 22.0. The number of hydrogen-bond acceptors (Lipinski definition) is 6. The van der Waals surface area contributed by atoms with Crippen molar-refractivity contribution in [3.05, 3.63) is 48.8 Å². The monoisotopic (exact) mass is 565 g/mol. The van der Waals surface area contributed by atoms with Crippen molar-refractivity contribution in [1.29, 1.82) is 0 Å². The summed E-state index contributed by atoms with van der Waals surface area (Å²) in [5.74, 6) is 2.82. The van der Waals surface area contributed by atoms with Gasteiger partial charge in [0, 0.05) is 78.1 Å². The lowest BCUT2D eigenvalue weighted by atomic mass is 10.1. The minimum absolute atomic E-state index is 0. The number of rotatable bonds is 7. The molecular weight excluding hydrogens is 529 g/mol. The Kier molecular flexibility index (Phi) is 10.5. The molecule has 0 radical (unpaired) electrons. The quantitative estimate of drug-likeness (QED) is 0.240. The fourth-order valence-electron chi connectivity index (χ4n) is 4.34. The number of anilines is 1. The number of hydrogen-bond donors (Lipinski definition) is 1. The van der Waals surface area contributed by atoms with E-state index in [1.807, 2.05) is 55.8 Å². The fourth-order valence-corrected chi connectivity index (χ4v) is 4.34. The van der Waals surface area contributed by atoms with E-state index in [2.05, 4.69) is 35.0 Å². The summed E-state index contributed by atoms with van der Waals surface area (Å²) in [6.07, 6.45) is 7.05. The van der Waals surface area contributed by atoms with E-state index in [-0.39, 0.29) is 30.1 Å². The van der Waals surface area contributed by atoms with Gasteiger partial charge >= 0.3 is 0 Å². The van der Waals surface area contributed by atoms with Crippen molar-refractivity contribution in [2.75, 3.05) is 64.3 Å². The van der Waals surface area contributed by atoms with Crippen LogP contribution in [0.5, 0.6) is 5.75 Å². The van der Waals surface area contributed by atoms with Gasteiger partial charge in [-0.2, -0.15) is 0 Å². The summed E-state index contributed by atoms with van der Waals surface area (Å²) < 4.78 is 6.11. The number of piperazine rings is 1. The molecule has 2 aromatic rings. The Bertz CT molecular complexity index is 823. The molecule has 1 aromatic heterocycles. The Balaban J connectivity index is 0.00000306. The van der Waals surface area contributed by atoms with E-state index in [1.54, 1.807) is 0 Å². The maximum absolute atomic E-state index is 6.11. The lowest BCUT2D eigenvalue weighted by Gasteiger charge is -2.35. The van der Waals surface area contributed by atoms with Gasteiger partial charge in [-0.1, -0.05) is 18.2 Å². The van der Waals surface area contributed by atoms with Crippen LogP contribution in [0.3, 0.4) is 0 Å². The number of aliphatic imine (C=N–C) groups is 1. The van der Waals surface area contributed by atoms with E-state index in [1.165, 1.54) is 0 Å². The number of nitrogens with one attached hydrogen (secondary N) is 1. The van der Waals surface area contributed by atoms with E-state index in [0.717, 1.165) is 89.3 Å². The molecular formula is C24H36IN7O. The molecule has 0 amide bonds. The van der Waals surface area contributed by atoms with E-state index >= 15 is 0 Å². The number of halogens is 1. The summed E-state index contributed by atoms with van der Waals surface area (Å²) in [4.78, 5) is 20.4. The Morgan fingerprint density at radius 3 is 2.36 bits per heavy atom. The Hall–Kier alpha value is -2.14. The zero-order valence-corrected chi connectivity index (χ0v) is 21.8. The van der Waals surface area contributed by atoms with Crippen molar-refractivity contribution in [3.8, 4) is 5.75 Å². The summed E-state index contributed by atoms with van der Waals surface area (Å²) in [5, 5.41) is 3.56. The predicted octanol–water partition coefficient (Wildman–Crippen LogP) is 2.73. The summed E-state index contributed by atoms with van der Waals surface area (Å²) >= 11 is 0. The smallest absolute Gasteiger partial charge is 0.225 e. The normalized spacial score (nSPS) is 18.0. The third-order valence-corrected chi connectivity index (χ3v) is 6.14. The highest BCUT2D eigenvalue weighted by atomic mass is 127. The highest BCUT2D eigenvalue weighted by molar-refractivity contribution is 14.0. The lowest BCUT2D eigenvalue weighted by Crippen LogP contribution is -2.49. The van der Waals surface area contributed by atoms with Gasteiger partial charge in [-0.25, -0.2) is 9.97 Å². The Labute approximate surface area is 214 Å². The third kappa shape index (κ3) is 7.70.